The van der Waals surface area contributed by atoms with Crippen molar-refractivity contribution in [1.29, 1.82) is 0 Å². The summed E-state index contributed by atoms with van der Waals surface area (Å²) in [6.07, 6.45) is 16.0. The normalized spacial score (nSPS) is 14.2. The van der Waals surface area contributed by atoms with E-state index in [1.54, 1.807) is 0 Å². The second kappa shape index (κ2) is 10.1. The van der Waals surface area contributed by atoms with Gasteiger partial charge in [0, 0.05) is 0 Å². The largest absolute Gasteiger partial charge is 0.0871 e. The summed E-state index contributed by atoms with van der Waals surface area (Å²) in [7, 11) is 0. The van der Waals surface area contributed by atoms with Gasteiger partial charge in [-0.25, -0.2) is 0 Å². The zero-order chi connectivity index (χ0) is 27.1. The van der Waals surface area contributed by atoms with E-state index in [1.165, 1.54) is 77.6 Å². The molecule has 0 nitrogen and oxygen atoms in total. The van der Waals surface area contributed by atoms with Crippen molar-refractivity contribution in [2.24, 2.45) is 0 Å². The number of allylic oxidation sites excluding steroid dienone is 8. The van der Waals surface area contributed by atoms with Crippen molar-refractivity contribution in [2.75, 3.05) is 0 Å². The smallest absolute Gasteiger partial charge is 0.000719 e. The average Bonchev–Trinajstić information content (AvgIpc) is 3.36. The quantitative estimate of drug-likeness (QED) is 0.201. The molecule has 0 saturated carbocycles. The van der Waals surface area contributed by atoms with Crippen LogP contribution in [0.1, 0.15) is 37.8 Å². The van der Waals surface area contributed by atoms with Crippen LogP contribution in [0.3, 0.4) is 0 Å². The molecule has 0 heterocycles. The maximum Gasteiger partial charge on any atom is -0.000719 e. The van der Waals surface area contributed by atoms with Crippen molar-refractivity contribution in [2.45, 2.75) is 26.7 Å². The van der Waals surface area contributed by atoms with E-state index in [0.29, 0.717) is 0 Å². The van der Waals surface area contributed by atoms with Gasteiger partial charge in [-0.15, -0.1) is 0 Å². The predicted molar refractivity (Wildman–Crippen MR) is 174 cm³/mol. The van der Waals surface area contributed by atoms with Crippen LogP contribution in [0.2, 0.25) is 0 Å². The summed E-state index contributed by atoms with van der Waals surface area (Å²) in [5, 5.41) is 2.66. The highest BCUT2D eigenvalue weighted by Gasteiger charge is 2.33. The molecule has 2 aliphatic carbocycles. The fourth-order valence-corrected chi connectivity index (χ4v) is 6.71. The highest BCUT2D eigenvalue weighted by molar-refractivity contribution is 6.23. The van der Waals surface area contributed by atoms with E-state index < -0.39 is 0 Å². The first-order chi connectivity index (χ1) is 19.8. The second-order valence-electron chi connectivity index (χ2n) is 10.6. The van der Waals surface area contributed by atoms with Crippen LogP contribution in [-0.2, 0) is 0 Å². The van der Waals surface area contributed by atoms with Gasteiger partial charge >= 0.3 is 0 Å². The molecule has 0 N–H and O–H groups in total. The van der Waals surface area contributed by atoms with Crippen molar-refractivity contribution in [3.8, 4) is 44.5 Å². The second-order valence-corrected chi connectivity index (χ2v) is 10.6. The van der Waals surface area contributed by atoms with Crippen LogP contribution in [0.25, 0.3) is 66.4 Å². The molecule has 5 aromatic rings. The van der Waals surface area contributed by atoms with Gasteiger partial charge in [0.05, 0.1) is 0 Å². The van der Waals surface area contributed by atoms with E-state index in [-0.39, 0.29) is 0 Å². The van der Waals surface area contributed by atoms with E-state index in [4.69, 9.17) is 0 Å². The molecule has 0 aliphatic heterocycles. The Morgan fingerprint density at radius 3 is 1.80 bits per heavy atom. The third-order valence-electron chi connectivity index (χ3n) is 8.30. The predicted octanol–water partition coefficient (Wildman–Crippen LogP) is 11.5. The van der Waals surface area contributed by atoms with Gasteiger partial charge in [0.25, 0.3) is 0 Å². The van der Waals surface area contributed by atoms with E-state index in [0.717, 1.165) is 12.8 Å². The van der Waals surface area contributed by atoms with Crippen molar-refractivity contribution < 1.29 is 0 Å². The molecule has 5 aromatic carbocycles. The highest BCUT2D eigenvalue weighted by atomic mass is 14.4. The molecule has 0 fully saturated rings. The molecule has 0 unspecified atom stereocenters. The van der Waals surface area contributed by atoms with Gasteiger partial charge in [0.1, 0.15) is 0 Å². The first kappa shape index (κ1) is 24.4. The van der Waals surface area contributed by atoms with E-state index in [1.807, 2.05) is 0 Å². The number of benzene rings is 5. The zero-order valence-corrected chi connectivity index (χ0v) is 23.1. The first-order valence-electron chi connectivity index (χ1n) is 14.4. The summed E-state index contributed by atoms with van der Waals surface area (Å²) in [4.78, 5) is 0. The molecule has 0 bridgehead atoms. The third-order valence-corrected chi connectivity index (χ3v) is 8.30. The molecular weight excluding hydrogens is 480 g/mol. The lowest BCUT2D eigenvalue weighted by molar-refractivity contribution is 1.04. The highest BCUT2D eigenvalue weighted by Crippen LogP contribution is 2.59. The summed E-state index contributed by atoms with van der Waals surface area (Å²) >= 11 is 0. The van der Waals surface area contributed by atoms with Gasteiger partial charge in [-0.1, -0.05) is 134 Å². The van der Waals surface area contributed by atoms with Crippen molar-refractivity contribution >= 4 is 21.9 Å². The van der Waals surface area contributed by atoms with Crippen LogP contribution in [0.5, 0.6) is 0 Å². The Kier molecular flexibility index (Phi) is 6.17. The minimum Gasteiger partial charge on any atom is -0.0871 e. The van der Waals surface area contributed by atoms with Crippen LogP contribution in [0.4, 0.5) is 0 Å². The van der Waals surface area contributed by atoms with Gasteiger partial charge in [0.15, 0.2) is 0 Å². The van der Waals surface area contributed by atoms with Crippen LogP contribution in [0.15, 0.2) is 134 Å². The fraction of sp³-hybridized carbons (Fsp3) is 0.100. The minimum absolute atomic E-state index is 1.06. The molecular formula is C40H32. The van der Waals surface area contributed by atoms with Crippen molar-refractivity contribution in [3.05, 3.63) is 145 Å². The molecule has 0 amide bonds. The van der Waals surface area contributed by atoms with Gasteiger partial charge in [0.2, 0.25) is 0 Å². The van der Waals surface area contributed by atoms with Gasteiger partial charge in [-0.05, 0) is 104 Å². The van der Waals surface area contributed by atoms with Crippen LogP contribution < -0.4 is 0 Å². The topological polar surface area (TPSA) is 0 Å². The number of fused-ring (bicyclic) bond motifs is 3. The molecule has 0 heteroatoms. The van der Waals surface area contributed by atoms with Crippen molar-refractivity contribution in [3.63, 3.8) is 0 Å². The molecule has 0 radical (unpaired) electrons. The van der Waals surface area contributed by atoms with E-state index >= 15 is 0 Å². The monoisotopic (exact) mass is 512 g/mol. The zero-order valence-electron chi connectivity index (χ0n) is 23.1. The Morgan fingerprint density at radius 2 is 1.23 bits per heavy atom. The number of hydrogen-bond donors (Lipinski definition) is 0. The Morgan fingerprint density at radius 1 is 0.600 bits per heavy atom. The first-order valence-corrected chi connectivity index (χ1v) is 14.4. The number of rotatable bonds is 5. The van der Waals surface area contributed by atoms with Crippen LogP contribution >= 0.6 is 0 Å². The maximum absolute atomic E-state index is 2.44. The molecule has 40 heavy (non-hydrogen) atoms. The van der Waals surface area contributed by atoms with E-state index in [9.17, 15) is 0 Å². The van der Waals surface area contributed by atoms with Gasteiger partial charge in [-0.2, -0.15) is 0 Å². The Bertz CT molecular complexity index is 1870. The lowest BCUT2D eigenvalue weighted by atomic mass is 9.75. The third kappa shape index (κ3) is 3.75. The summed E-state index contributed by atoms with van der Waals surface area (Å²) in [6.45, 7) is 4.29. The van der Waals surface area contributed by atoms with Crippen molar-refractivity contribution in [1.82, 2.24) is 0 Å². The fourth-order valence-electron chi connectivity index (χ4n) is 6.71. The molecule has 2 aliphatic rings. The molecule has 0 aromatic heterocycles. The molecule has 192 valence electrons. The lowest BCUT2D eigenvalue weighted by Gasteiger charge is -2.27. The molecule has 0 saturated heterocycles. The molecule has 0 atom stereocenters. The minimum atomic E-state index is 1.06. The summed E-state index contributed by atoms with van der Waals surface area (Å²) < 4.78 is 0. The van der Waals surface area contributed by atoms with Gasteiger partial charge in [-0.3, -0.25) is 0 Å². The molecule has 0 spiro atoms. The number of hydrogen-bond acceptors (Lipinski definition) is 0. The van der Waals surface area contributed by atoms with Gasteiger partial charge < -0.3 is 0 Å². The van der Waals surface area contributed by atoms with E-state index in [2.05, 4.69) is 147 Å². The SMILES string of the molecule is C/C=C\C(=C/C)c1c(C2=CCCC=C2)c(-c2ccccc2)c(-c2ccccc2)c2c1-c1cccc3cccc-2c13. The Labute approximate surface area is 237 Å². The molecule has 7 rings (SSSR count). The summed E-state index contributed by atoms with van der Waals surface area (Å²) in [5.41, 5.74) is 15.7. The Balaban J connectivity index is 1.79. The van der Waals surface area contributed by atoms with Crippen LogP contribution in [-0.4, -0.2) is 0 Å². The summed E-state index contributed by atoms with van der Waals surface area (Å²) in [5.74, 6) is 0. The standard InChI is InChI=1S/C40H32/c1-3-16-27(4-2)35-36(29-17-8-5-9-18-29)37(30-19-10-6-11-20-30)38(31-21-12-7-13-22-31)40-33-26-15-24-28-23-14-25-32(34(28)33)39(35)40/h3-4,6-8,10-26H,5,9H2,1-2H3/b16-3-,27-4+. The lowest BCUT2D eigenvalue weighted by Crippen LogP contribution is -2.04. The Hall–Kier alpha value is -4.68. The summed E-state index contributed by atoms with van der Waals surface area (Å²) in [6, 6.07) is 35.6. The average molecular weight is 513 g/mol. The maximum atomic E-state index is 2.44. The van der Waals surface area contributed by atoms with Crippen LogP contribution in [0, 0.1) is 0 Å².